The molecule has 0 N–H and O–H groups in total. The highest BCUT2D eigenvalue weighted by atomic mass is 127. The first-order chi connectivity index (χ1) is 10.9. The van der Waals surface area contributed by atoms with Gasteiger partial charge in [-0.1, -0.05) is 59.8 Å². The molecule has 0 nitrogen and oxygen atoms in total. The summed E-state index contributed by atoms with van der Waals surface area (Å²) in [5, 5.41) is 2.23. The van der Waals surface area contributed by atoms with E-state index >= 15 is 0 Å². The van der Waals surface area contributed by atoms with Crippen molar-refractivity contribution < 1.29 is 0 Å². The number of benzene rings is 2. The van der Waals surface area contributed by atoms with Crippen molar-refractivity contribution in [3.8, 4) is 0 Å². The Bertz CT molecular complexity index is 739. The van der Waals surface area contributed by atoms with Crippen LogP contribution in [0, 0.1) is 24.3 Å². The minimum absolute atomic E-state index is 0.998. The molecular formula is C21H23IS. The molecule has 0 heterocycles. The Morgan fingerprint density at radius 2 is 1.74 bits per heavy atom. The Morgan fingerprint density at radius 3 is 2.39 bits per heavy atom. The number of hydrogen-bond donors (Lipinski definition) is 0. The summed E-state index contributed by atoms with van der Waals surface area (Å²) in [5.74, 6) is 0. The summed E-state index contributed by atoms with van der Waals surface area (Å²) < 4.78 is 1.34. The molecule has 0 aliphatic heterocycles. The number of rotatable bonds is 5. The normalized spacial score (nSPS) is 11.6. The highest BCUT2D eigenvalue weighted by Crippen LogP contribution is 2.29. The largest absolute Gasteiger partial charge is 0.0981 e. The van der Waals surface area contributed by atoms with E-state index in [4.69, 9.17) is 0 Å². The van der Waals surface area contributed by atoms with Gasteiger partial charge in [-0.2, -0.15) is 0 Å². The summed E-state index contributed by atoms with van der Waals surface area (Å²) >= 11 is 4.12. The van der Waals surface area contributed by atoms with E-state index < -0.39 is 0 Å². The third-order valence-electron chi connectivity index (χ3n) is 3.86. The lowest BCUT2D eigenvalue weighted by Crippen LogP contribution is -1.94. The van der Waals surface area contributed by atoms with E-state index in [0.29, 0.717) is 0 Å². The van der Waals surface area contributed by atoms with Crippen LogP contribution in [0.4, 0.5) is 0 Å². The first-order valence-electron chi connectivity index (χ1n) is 7.70. The van der Waals surface area contributed by atoms with Crippen molar-refractivity contribution >= 4 is 39.3 Å². The fourth-order valence-corrected chi connectivity index (χ4v) is 3.67. The lowest BCUT2D eigenvalue weighted by molar-refractivity contribution is 1.11. The van der Waals surface area contributed by atoms with E-state index in [-0.39, 0.29) is 0 Å². The van der Waals surface area contributed by atoms with Crippen LogP contribution in [0.2, 0.25) is 0 Å². The minimum Gasteiger partial charge on any atom is -0.0981 e. The Morgan fingerprint density at radius 1 is 1.09 bits per heavy atom. The van der Waals surface area contributed by atoms with Crippen molar-refractivity contribution in [1.29, 1.82) is 0 Å². The number of hydrogen-bond acceptors (Lipinski definition) is 1. The monoisotopic (exact) mass is 434 g/mol. The van der Waals surface area contributed by atoms with Gasteiger partial charge in [-0.15, -0.1) is 0 Å². The van der Waals surface area contributed by atoms with Crippen LogP contribution in [0.5, 0.6) is 0 Å². The quantitative estimate of drug-likeness (QED) is 0.454. The lowest BCUT2D eigenvalue weighted by atomic mass is 10.00. The van der Waals surface area contributed by atoms with Gasteiger partial charge in [0.2, 0.25) is 0 Å². The van der Waals surface area contributed by atoms with Crippen molar-refractivity contribution in [3.63, 3.8) is 0 Å². The van der Waals surface area contributed by atoms with Gasteiger partial charge in [-0.3, -0.25) is 0 Å². The summed E-state index contributed by atoms with van der Waals surface area (Å²) in [4.78, 5) is 1.10. The maximum atomic E-state index is 4.19. The summed E-state index contributed by atoms with van der Waals surface area (Å²) in [7, 11) is 0. The van der Waals surface area contributed by atoms with Crippen LogP contribution in [0.3, 0.4) is 0 Å². The Hall–Kier alpha value is -1.00. The molecule has 0 amide bonds. The van der Waals surface area contributed by atoms with Gasteiger partial charge in [0.1, 0.15) is 0 Å². The molecule has 2 aromatic rings. The van der Waals surface area contributed by atoms with E-state index in [0.717, 1.165) is 11.3 Å². The van der Waals surface area contributed by atoms with Crippen LogP contribution >= 0.6 is 34.4 Å². The van der Waals surface area contributed by atoms with Crippen molar-refractivity contribution in [2.24, 2.45) is 0 Å². The van der Waals surface area contributed by atoms with Crippen molar-refractivity contribution in [2.45, 2.75) is 34.1 Å². The van der Waals surface area contributed by atoms with Crippen molar-refractivity contribution in [2.75, 3.05) is 0 Å². The van der Waals surface area contributed by atoms with Crippen LogP contribution in [0.1, 0.15) is 34.7 Å². The minimum atomic E-state index is 0.998. The second-order valence-electron chi connectivity index (χ2n) is 6.08. The molecular weight excluding hydrogens is 411 g/mol. The molecule has 0 aliphatic rings. The van der Waals surface area contributed by atoms with E-state index in [1.165, 1.54) is 37.0 Å². The zero-order valence-corrected chi connectivity index (χ0v) is 17.2. The smallest absolute Gasteiger partial charge is 0.0162 e. The first kappa shape index (κ1) is 18.3. The number of thioether (sulfide) groups is 1. The van der Waals surface area contributed by atoms with Crippen molar-refractivity contribution in [1.82, 2.24) is 0 Å². The molecule has 2 aromatic carbocycles. The van der Waals surface area contributed by atoms with E-state index in [9.17, 15) is 0 Å². The molecule has 0 atom stereocenters. The fourth-order valence-electron chi connectivity index (χ4n) is 2.35. The van der Waals surface area contributed by atoms with Crippen molar-refractivity contribution in [3.05, 3.63) is 85.3 Å². The van der Waals surface area contributed by atoms with Crippen LogP contribution < -0.4 is 0 Å². The topological polar surface area (TPSA) is 0 Å². The SMILES string of the molecule is C=C(S/C=C(\C)Cc1cc(C)c(I)cc1C)c1ccc(C)cc1. The highest BCUT2D eigenvalue weighted by molar-refractivity contribution is 14.1. The molecule has 2 heteroatoms. The average molecular weight is 434 g/mol. The average Bonchev–Trinajstić information content (AvgIpc) is 2.51. The second kappa shape index (κ2) is 8.20. The zero-order valence-electron chi connectivity index (χ0n) is 14.2. The molecule has 0 saturated carbocycles. The van der Waals surface area contributed by atoms with Gasteiger partial charge >= 0.3 is 0 Å². The third-order valence-corrected chi connectivity index (χ3v) is 6.07. The Kier molecular flexibility index (Phi) is 6.54. The molecule has 2 rings (SSSR count). The number of halogens is 1. The summed E-state index contributed by atoms with van der Waals surface area (Å²) in [5.41, 5.74) is 7.99. The van der Waals surface area contributed by atoms with Gasteiger partial charge in [0, 0.05) is 8.48 Å². The molecule has 0 saturated heterocycles. The molecule has 0 aliphatic carbocycles. The predicted octanol–water partition coefficient (Wildman–Crippen LogP) is 7.07. The summed E-state index contributed by atoms with van der Waals surface area (Å²) in [6.07, 6.45) is 0.998. The molecule has 120 valence electrons. The van der Waals surface area contributed by atoms with E-state index in [1.807, 2.05) is 0 Å². The molecule has 0 radical (unpaired) electrons. The van der Waals surface area contributed by atoms with Gasteiger partial charge in [0.25, 0.3) is 0 Å². The zero-order chi connectivity index (χ0) is 17.0. The van der Waals surface area contributed by atoms with E-state index in [2.05, 4.69) is 98.7 Å². The van der Waals surface area contributed by atoms with Gasteiger partial charge < -0.3 is 0 Å². The maximum absolute atomic E-state index is 4.19. The Balaban J connectivity index is 2.04. The highest BCUT2D eigenvalue weighted by Gasteiger charge is 2.04. The van der Waals surface area contributed by atoms with Crippen LogP contribution in [-0.2, 0) is 6.42 Å². The molecule has 0 fully saturated rings. The van der Waals surface area contributed by atoms with Gasteiger partial charge in [-0.25, -0.2) is 0 Å². The van der Waals surface area contributed by atoms with Gasteiger partial charge in [0.05, 0.1) is 0 Å². The summed E-state index contributed by atoms with van der Waals surface area (Å²) in [6.45, 7) is 12.9. The lowest BCUT2D eigenvalue weighted by Gasteiger charge is -2.10. The number of allylic oxidation sites excluding steroid dienone is 1. The Labute approximate surface area is 158 Å². The molecule has 0 spiro atoms. The molecule has 0 aromatic heterocycles. The predicted molar refractivity (Wildman–Crippen MR) is 114 cm³/mol. The van der Waals surface area contributed by atoms with Crippen LogP contribution in [0.25, 0.3) is 4.91 Å². The maximum Gasteiger partial charge on any atom is 0.0162 e. The fraction of sp³-hybridized carbons (Fsp3) is 0.238. The molecule has 0 bridgehead atoms. The van der Waals surface area contributed by atoms with Crippen LogP contribution in [-0.4, -0.2) is 0 Å². The molecule has 0 unspecified atom stereocenters. The van der Waals surface area contributed by atoms with Gasteiger partial charge in [-0.05, 0) is 90.4 Å². The second-order valence-corrected chi connectivity index (χ2v) is 8.20. The standard InChI is InChI=1S/C21H23IS/c1-14-6-8-19(9-7-14)18(5)23-13-15(2)10-20-11-17(4)21(22)12-16(20)3/h6-9,11-13H,5,10H2,1-4H3/b15-13+. The summed E-state index contributed by atoms with van der Waals surface area (Å²) in [6, 6.07) is 13.1. The molecule has 23 heavy (non-hydrogen) atoms. The first-order valence-corrected chi connectivity index (χ1v) is 9.66. The van der Waals surface area contributed by atoms with E-state index in [1.54, 1.807) is 11.8 Å². The third kappa shape index (κ3) is 5.25. The van der Waals surface area contributed by atoms with Gasteiger partial charge in [0.15, 0.2) is 0 Å². The number of aryl methyl sites for hydroxylation is 3. The van der Waals surface area contributed by atoms with Crippen LogP contribution in [0.15, 0.2) is 54.0 Å².